The second-order valence-electron chi connectivity index (χ2n) is 6.72. The SMILES string of the molecule is NC(=O)c1ccc(SCC(=O)Nc2ccc(C(=O)N3CCCC3)cc2)c([N+](=O)[O-])c1. The van der Waals surface area contributed by atoms with Gasteiger partial charge in [0.1, 0.15) is 0 Å². The number of anilines is 1. The summed E-state index contributed by atoms with van der Waals surface area (Å²) in [6.45, 7) is 1.53. The van der Waals surface area contributed by atoms with Crippen LogP contribution in [0.1, 0.15) is 33.6 Å². The average molecular weight is 428 g/mol. The van der Waals surface area contributed by atoms with E-state index in [9.17, 15) is 24.5 Å². The van der Waals surface area contributed by atoms with Crippen molar-refractivity contribution in [3.63, 3.8) is 0 Å². The van der Waals surface area contributed by atoms with E-state index in [2.05, 4.69) is 5.32 Å². The molecule has 3 amide bonds. The molecule has 0 bridgehead atoms. The number of hydrogen-bond acceptors (Lipinski definition) is 6. The first-order valence-corrected chi connectivity index (χ1v) is 10.2. The molecule has 9 nitrogen and oxygen atoms in total. The molecular formula is C20H20N4O5S. The minimum absolute atomic E-state index is 0.0207. The number of nitrogens with zero attached hydrogens (tertiary/aromatic N) is 2. The first-order chi connectivity index (χ1) is 14.3. The van der Waals surface area contributed by atoms with Crippen molar-refractivity contribution in [2.24, 2.45) is 5.73 Å². The van der Waals surface area contributed by atoms with Crippen LogP contribution in [0.25, 0.3) is 0 Å². The highest BCUT2D eigenvalue weighted by Crippen LogP contribution is 2.30. The fraction of sp³-hybridized carbons (Fsp3) is 0.250. The lowest BCUT2D eigenvalue weighted by molar-refractivity contribution is -0.387. The average Bonchev–Trinajstić information content (AvgIpc) is 3.27. The van der Waals surface area contributed by atoms with Gasteiger partial charge in [0.05, 0.1) is 15.6 Å². The molecule has 0 aliphatic carbocycles. The second kappa shape index (κ2) is 9.40. The number of rotatable bonds is 7. The van der Waals surface area contributed by atoms with E-state index >= 15 is 0 Å². The van der Waals surface area contributed by atoms with Gasteiger partial charge in [-0.05, 0) is 49.2 Å². The van der Waals surface area contributed by atoms with Crippen LogP contribution in [0, 0.1) is 10.1 Å². The molecule has 2 aromatic carbocycles. The highest BCUT2D eigenvalue weighted by atomic mass is 32.2. The molecular weight excluding hydrogens is 408 g/mol. The van der Waals surface area contributed by atoms with Crippen LogP contribution in [0.4, 0.5) is 11.4 Å². The number of nitro benzene ring substituents is 1. The van der Waals surface area contributed by atoms with E-state index in [1.54, 1.807) is 29.2 Å². The molecule has 0 radical (unpaired) electrons. The number of carbonyl (C=O) groups excluding carboxylic acids is 3. The smallest absolute Gasteiger partial charge is 0.283 e. The first kappa shape index (κ1) is 21.3. The van der Waals surface area contributed by atoms with Gasteiger partial charge in [-0.2, -0.15) is 0 Å². The van der Waals surface area contributed by atoms with Crippen LogP contribution in [0.2, 0.25) is 0 Å². The van der Waals surface area contributed by atoms with E-state index in [1.807, 2.05) is 0 Å². The van der Waals surface area contributed by atoms with Crippen LogP contribution >= 0.6 is 11.8 Å². The van der Waals surface area contributed by atoms with Gasteiger partial charge in [0.15, 0.2) is 0 Å². The quantitative estimate of drug-likeness (QED) is 0.395. The molecule has 0 unspecified atom stereocenters. The Labute approximate surface area is 176 Å². The minimum atomic E-state index is -0.765. The monoisotopic (exact) mass is 428 g/mol. The molecule has 0 spiro atoms. The number of primary amides is 1. The van der Waals surface area contributed by atoms with Crippen LogP contribution < -0.4 is 11.1 Å². The maximum absolute atomic E-state index is 12.3. The van der Waals surface area contributed by atoms with Gasteiger partial charge >= 0.3 is 0 Å². The molecule has 0 atom stereocenters. The molecule has 1 fully saturated rings. The summed E-state index contributed by atoms with van der Waals surface area (Å²) >= 11 is 0.981. The number of likely N-dealkylation sites (tertiary alicyclic amines) is 1. The number of nitrogens with two attached hydrogens (primary N) is 1. The van der Waals surface area contributed by atoms with Crippen molar-refractivity contribution in [3.8, 4) is 0 Å². The Morgan fingerprint density at radius 1 is 1.07 bits per heavy atom. The zero-order chi connectivity index (χ0) is 21.7. The zero-order valence-corrected chi connectivity index (χ0v) is 16.8. The number of thioether (sulfide) groups is 1. The van der Waals surface area contributed by atoms with E-state index < -0.39 is 10.8 Å². The molecule has 30 heavy (non-hydrogen) atoms. The Bertz CT molecular complexity index is 987. The summed E-state index contributed by atoms with van der Waals surface area (Å²) in [5, 5.41) is 13.9. The van der Waals surface area contributed by atoms with E-state index in [-0.39, 0.29) is 33.7 Å². The van der Waals surface area contributed by atoms with Crippen molar-refractivity contribution in [2.45, 2.75) is 17.7 Å². The topological polar surface area (TPSA) is 136 Å². The van der Waals surface area contributed by atoms with Crippen LogP contribution in [0.3, 0.4) is 0 Å². The zero-order valence-electron chi connectivity index (χ0n) is 16.0. The lowest BCUT2D eigenvalue weighted by Gasteiger charge is -2.15. The number of carbonyl (C=O) groups is 3. The third-order valence-electron chi connectivity index (χ3n) is 4.61. The Hall–Kier alpha value is -3.40. The van der Waals surface area contributed by atoms with Crippen LogP contribution in [-0.4, -0.2) is 46.4 Å². The van der Waals surface area contributed by atoms with Gasteiger partial charge in [0, 0.05) is 36.0 Å². The Morgan fingerprint density at radius 2 is 1.70 bits per heavy atom. The van der Waals surface area contributed by atoms with Crippen LogP contribution in [-0.2, 0) is 4.79 Å². The molecule has 0 saturated carbocycles. The molecule has 2 aromatic rings. The largest absolute Gasteiger partial charge is 0.366 e. The van der Waals surface area contributed by atoms with E-state index in [4.69, 9.17) is 5.73 Å². The van der Waals surface area contributed by atoms with Crippen LogP contribution in [0.15, 0.2) is 47.4 Å². The van der Waals surface area contributed by atoms with Crippen molar-refractivity contribution < 1.29 is 19.3 Å². The summed E-state index contributed by atoms with van der Waals surface area (Å²) in [5.41, 5.74) is 5.98. The minimum Gasteiger partial charge on any atom is -0.366 e. The third-order valence-corrected chi connectivity index (χ3v) is 5.67. The van der Waals surface area contributed by atoms with Gasteiger partial charge in [-0.15, -0.1) is 11.8 Å². The summed E-state index contributed by atoms with van der Waals surface area (Å²) in [6.07, 6.45) is 2.03. The second-order valence-corrected chi connectivity index (χ2v) is 7.73. The number of nitro groups is 1. The van der Waals surface area contributed by atoms with Gasteiger partial charge in [0.25, 0.3) is 11.6 Å². The summed E-state index contributed by atoms with van der Waals surface area (Å²) in [7, 11) is 0. The highest BCUT2D eigenvalue weighted by Gasteiger charge is 2.20. The maximum Gasteiger partial charge on any atom is 0.283 e. The molecule has 1 aliphatic heterocycles. The lowest BCUT2D eigenvalue weighted by Crippen LogP contribution is -2.27. The molecule has 1 saturated heterocycles. The number of benzene rings is 2. The van der Waals surface area contributed by atoms with E-state index in [1.165, 1.54) is 12.1 Å². The summed E-state index contributed by atoms with van der Waals surface area (Å²) in [6, 6.07) is 10.5. The standard InChI is InChI=1S/C20H20N4O5S/c21-19(26)14-5-8-17(16(11-14)24(28)29)30-12-18(25)22-15-6-3-13(4-7-15)20(27)23-9-1-2-10-23/h3-8,11H,1-2,9-10,12H2,(H2,21,26)(H,22,25). The lowest BCUT2D eigenvalue weighted by atomic mass is 10.2. The van der Waals surface area contributed by atoms with Gasteiger partial charge in [-0.3, -0.25) is 24.5 Å². The maximum atomic E-state index is 12.3. The summed E-state index contributed by atoms with van der Waals surface area (Å²) < 4.78 is 0. The molecule has 156 valence electrons. The van der Waals surface area contributed by atoms with E-state index in [0.29, 0.717) is 11.3 Å². The third kappa shape index (κ3) is 5.15. The predicted octanol–water partition coefficient (Wildman–Crippen LogP) is 2.66. The van der Waals surface area contributed by atoms with Crippen molar-refractivity contribution in [1.82, 2.24) is 4.90 Å². The van der Waals surface area contributed by atoms with Gasteiger partial charge in [0.2, 0.25) is 11.8 Å². The first-order valence-electron chi connectivity index (χ1n) is 9.25. The number of nitrogens with one attached hydrogen (secondary N) is 1. The van der Waals surface area contributed by atoms with Gasteiger partial charge in [-0.25, -0.2) is 0 Å². The summed E-state index contributed by atoms with van der Waals surface area (Å²) in [5.74, 6) is -1.20. The van der Waals surface area contributed by atoms with Crippen molar-refractivity contribution in [1.29, 1.82) is 0 Å². The Balaban J connectivity index is 1.59. The van der Waals surface area contributed by atoms with Crippen molar-refractivity contribution in [3.05, 3.63) is 63.7 Å². The number of hydrogen-bond donors (Lipinski definition) is 2. The van der Waals surface area contributed by atoms with Crippen LogP contribution in [0.5, 0.6) is 0 Å². The van der Waals surface area contributed by atoms with Crippen molar-refractivity contribution in [2.75, 3.05) is 24.2 Å². The molecule has 1 heterocycles. The normalized spacial score (nSPS) is 13.1. The Kier molecular flexibility index (Phi) is 6.68. The Morgan fingerprint density at radius 3 is 2.30 bits per heavy atom. The fourth-order valence-electron chi connectivity index (χ4n) is 3.07. The molecule has 1 aliphatic rings. The van der Waals surface area contributed by atoms with E-state index in [0.717, 1.165) is 43.8 Å². The van der Waals surface area contributed by atoms with Crippen molar-refractivity contribution >= 4 is 40.9 Å². The molecule has 0 aromatic heterocycles. The molecule has 10 heteroatoms. The van der Waals surface area contributed by atoms with Gasteiger partial charge < -0.3 is 16.0 Å². The summed E-state index contributed by atoms with van der Waals surface area (Å²) in [4.78, 5) is 48.4. The fourth-order valence-corrected chi connectivity index (χ4v) is 3.88. The molecule has 3 N–H and O–H groups in total. The molecule has 3 rings (SSSR count). The predicted molar refractivity (Wildman–Crippen MR) is 113 cm³/mol. The number of amides is 3. The van der Waals surface area contributed by atoms with Gasteiger partial charge in [-0.1, -0.05) is 0 Å². The highest BCUT2D eigenvalue weighted by molar-refractivity contribution is 8.00.